The number of carbonyl (C=O) groups excluding carboxylic acids is 1. The zero-order chi connectivity index (χ0) is 19.0. The molecule has 0 atom stereocenters. The fraction of sp³-hybridized carbons (Fsp3) is 0.500. The predicted molar refractivity (Wildman–Crippen MR) is 107 cm³/mol. The van der Waals surface area contributed by atoms with E-state index in [2.05, 4.69) is 63.1 Å². The van der Waals surface area contributed by atoms with E-state index < -0.39 is 0 Å². The number of nitrogens with zero attached hydrogens (tertiary/aromatic N) is 3. The van der Waals surface area contributed by atoms with Crippen LogP contribution in [0, 0.1) is 0 Å². The number of fused-ring (bicyclic) bond motifs is 1. The maximum atomic E-state index is 12.8. The molecule has 3 heterocycles. The summed E-state index contributed by atoms with van der Waals surface area (Å²) in [5, 5.41) is 7.23. The molecule has 0 spiro atoms. The molecule has 1 saturated heterocycles. The molecule has 0 bridgehead atoms. The average Bonchev–Trinajstić information content (AvgIpc) is 3.27. The first-order chi connectivity index (χ1) is 13.0. The molecule has 0 unspecified atom stereocenters. The summed E-state index contributed by atoms with van der Waals surface area (Å²) < 4.78 is 6.38. The summed E-state index contributed by atoms with van der Waals surface area (Å²) in [7, 11) is 0. The summed E-state index contributed by atoms with van der Waals surface area (Å²) in [6.07, 6.45) is 1.00. The molecule has 0 radical (unpaired) electrons. The lowest BCUT2D eigenvalue weighted by Crippen LogP contribution is -2.48. The molecule has 1 N–H and O–H groups in total. The highest BCUT2D eigenvalue weighted by Crippen LogP contribution is 2.28. The third-order valence-corrected chi connectivity index (χ3v) is 6.13. The van der Waals surface area contributed by atoms with Gasteiger partial charge in [-0.05, 0) is 39.0 Å². The summed E-state index contributed by atoms with van der Waals surface area (Å²) in [5.41, 5.74) is 4.09. The van der Waals surface area contributed by atoms with Crippen LogP contribution in [0.2, 0.25) is 0 Å². The number of rotatable bonds is 4. The van der Waals surface area contributed by atoms with E-state index in [1.165, 1.54) is 11.1 Å². The van der Waals surface area contributed by atoms with Crippen molar-refractivity contribution in [2.45, 2.75) is 32.7 Å². The maximum absolute atomic E-state index is 12.8. The van der Waals surface area contributed by atoms with Crippen LogP contribution >= 0.6 is 15.9 Å². The topological polar surface area (TPSA) is 61.5 Å². The van der Waals surface area contributed by atoms with Crippen LogP contribution in [0.4, 0.5) is 0 Å². The molecule has 0 saturated carbocycles. The van der Waals surface area contributed by atoms with Crippen molar-refractivity contribution in [3.8, 4) is 5.75 Å². The first-order valence-electron chi connectivity index (χ1n) is 9.53. The molecule has 1 fully saturated rings. The highest BCUT2D eigenvalue weighted by Gasteiger charge is 2.27. The second-order valence-electron chi connectivity index (χ2n) is 7.56. The Morgan fingerprint density at radius 3 is 2.78 bits per heavy atom. The van der Waals surface area contributed by atoms with Crippen molar-refractivity contribution in [3.05, 3.63) is 45.2 Å². The Hall–Kier alpha value is -1.86. The van der Waals surface area contributed by atoms with E-state index in [-0.39, 0.29) is 5.91 Å². The number of hydrogen-bond acceptors (Lipinski definition) is 4. The fourth-order valence-corrected chi connectivity index (χ4v) is 4.53. The lowest BCUT2D eigenvalue weighted by Gasteiger charge is -2.34. The SMILES string of the molecule is CC(C)c1[nH]nc(C(=O)N2CCN(Cc3ccc4c(c3)CCO4)CC2)c1Br. The predicted octanol–water partition coefficient (Wildman–Crippen LogP) is 3.19. The molecule has 144 valence electrons. The van der Waals surface area contributed by atoms with Gasteiger partial charge in [-0.3, -0.25) is 14.8 Å². The van der Waals surface area contributed by atoms with Gasteiger partial charge >= 0.3 is 0 Å². The third-order valence-electron chi connectivity index (χ3n) is 5.33. The van der Waals surface area contributed by atoms with E-state index in [4.69, 9.17) is 4.74 Å². The van der Waals surface area contributed by atoms with Crippen LogP contribution in [0.25, 0.3) is 0 Å². The number of benzene rings is 1. The number of nitrogens with one attached hydrogen (secondary N) is 1. The molecule has 0 aliphatic carbocycles. The van der Waals surface area contributed by atoms with Crippen molar-refractivity contribution in [2.24, 2.45) is 0 Å². The van der Waals surface area contributed by atoms with Crippen LogP contribution in [0.15, 0.2) is 22.7 Å². The molecular weight excluding hydrogens is 408 g/mol. The molecule has 27 heavy (non-hydrogen) atoms. The van der Waals surface area contributed by atoms with E-state index in [0.29, 0.717) is 11.6 Å². The minimum absolute atomic E-state index is 0.000598. The second-order valence-corrected chi connectivity index (χ2v) is 8.36. The van der Waals surface area contributed by atoms with Crippen molar-refractivity contribution >= 4 is 21.8 Å². The third kappa shape index (κ3) is 3.75. The van der Waals surface area contributed by atoms with Crippen molar-refractivity contribution < 1.29 is 9.53 Å². The highest BCUT2D eigenvalue weighted by molar-refractivity contribution is 9.10. The molecular formula is C20H25BrN4O2. The normalized spacial score (nSPS) is 17.3. The van der Waals surface area contributed by atoms with Gasteiger partial charge in [0.2, 0.25) is 0 Å². The first-order valence-corrected chi connectivity index (χ1v) is 10.3. The molecule has 2 aliphatic rings. The van der Waals surface area contributed by atoms with Gasteiger partial charge in [0.05, 0.1) is 16.8 Å². The average molecular weight is 433 g/mol. The maximum Gasteiger partial charge on any atom is 0.275 e. The van der Waals surface area contributed by atoms with Crippen LogP contribution in [-0.2, 0) is 13.0 Å². The lowest BCUT2D eigenvalue weighted by atomic mass is 10.1. The van der Waals surface area contributed by atoms with E-state index in [0.717, 1.165) is 61.7 Å². The van der Waals surface area contributed by atoms with Gasteiger partial charge in [0.15, 0.2) is 5.69 Å². The molecule has 2 aliphatic heterocycles. The molecule has 4 rings (SSSR count). The minimum atomic E-state index is -0.000598. The lowest BCUT2D eigenvalue weighted by molar-refractivity contribution is 0.0621. The monoisotopic (exact) mass is 432 g/mol. The van der Waals surface area contributed by atoms with Gasteiger partial charge in [-0.1, -0.05) is 26.0 Å². The molecule has 2 aromatic rings. The van der Waals surface area contributed by atoms with E-state index in [1.54, 1.807) is 0 Å². The van der Waals surface area contributed by atoms with Gasteiger partial charge in [-0.15, -0.1) is 0 Å². The molecule has 1 amide bonds. The fourth-order valence-electron chi connectivity index (χ4n) is 3.72. The van der Waals surface area contributed by atoms with Gasteiger partial charge in [0, 0.05) is 39.1 Å². The molecule has 6 nitrogen and oxygen atoms in total. The Morgan fingerprint density at radius 1 is 1.30 bits per heavy atom. The largest absolute Gasteiger partial charge is 0.493 e. The summed E-state index contributed by atoms with van der Waals surface area (Å²) in [6, 6.07) is 6.49. The first kappa shape index (κ1) is 18.5. The zero-order valence-electron chi connectivity index (χ0n) is 15.8. The number of amides is 1. The number of halogens is 1. The van der Waals surface area contributed by atoms with Crippen molar-refractivity contribution in [1.82, 2.24) is 20.0 Å². The minimum Gasteiger partial charge on any atom is -0.493 e. The Bertz CT molecular complexity index is 841. The summed E-state index contributed by atoms with van der Waals surface area (Å²) >= 11 is 3.54. The summed E-state index contributed by atoms with van der Waals surface area (Å²) in [6.45, 7) is 9.07. The van der Waals surface area contributed by atoms with Gasteiger partial charge in [-0.2, -0.15) is 5.10 Å². The Labute approximate surface area is 168 Å². The van der Waals surface area contributed by atoms with E-state index >= 15 is 0 Å². The van der Waals surface area contributed by atoms with Gasteiger partial charge in [0.25, 0.3) is 5.91 Å². The van der Waals surface area contributed by atoms with Gasteiger partial charge in [0.1, 0.15) is 5.75 Å². The van der Waals surface area contributed by atoms with Crippen LogP contribution in [0.5, 0.6) is 5.75 Å². The second kappa shape index (κ2) is 7.64. The number of H-pyrrole nitrogens is 1. The Kier molecular flexibility index (Phi) is 5.23. The quantitative estimate of drug-likeness (QED) is 0.805. The van der Waals surface area contributed by atoms with Crippen molar-refractivity contribution in [1.29, 1.82) is 0 Å². The van der Waals surface area contributed by atoms with Crippen molar-refractivity contribution in [2.75, 3.05) is 32.8 Å². The number of piperazine rings is 1. The van der Waals surface area contributed by atoms with E-state index in [9.17, 15) is 4.79 Å². The van der Waals surface area contributed by atoms with Gasteiger partial charge in [-0.25, -0.2) is 0 Å². The Morgan fingerprint density at radius 2 is 2.07 bits per heavy atom. The van der Waals surface area contributed by atoms with Crippen LogP contribution in [0.3, 0.4) is 0 Å². The van der Waals surface area contributed by atoms with Crippen molar-refractivity contribution in [3.63, 3.8) is 0 Å². The van der Waals surface area contributed by atoms with Crippen LogP contribution < -0.4 is 4.74 Å². The molecule has 1 aromatic carbocycles. The smallest absolute Gasteiger partial charge is 0.275 e. The van der Waals surface area contributed by atoms with Crippen LogP contribution in [0.1, 0.15) is 47.1 Å². The standard InChI is InChI=1S/C20H25BrN4O2/c1-13(2)18-17(21)19(23-22-18)20(26)25-8-6-24(7-9-25)12-14-3-4-16-15(11-14)5-10-27-16/h3-4,11,13H,5-10,12H2,1-2H3,(H,22,23). The number of aromatic nitrogens is 2. The molecule has 1 aromatic heterocycles. The van der Waals surface area contributed by atoms with Crippen LogP contribution in [-0.4, -0.2) is 58.7 Å². The van der Waals surface area contributed by atoms with E-state index in [1.807, 2.05) is 4.90 Å². The number of carbonyl (C=O) groups is 1. The highest BCUT2D eigenvalue weighted by atomic mass is 79.9. The summed E-state index contributed by atoms with van der Waals surface area (Å²) in [5.74, 6) is 1.32. The van der Waals surface area contributed by atoms with Gasteiger partial charge < -0.3 is 9.64 Å². The zero-order valence-corrected chi connectivity index (χ0v) is 17.4. The number of ether oxygens (including phenoxy) is 1. The number of hydrogen-bond donors (Lipinski definition) is 1. The number of aromatic amines is 1. The summed E-state index contributed by atoms with van der Waals surface area (Å²) in [4.78, 5) is 17.1. The molecule has 7 heteroatoms. The Balaban J connectivity index is 1.35.